The van der Waals surface area contributed by atoms with Crippen molar-refractivity contribution in [1.82, 2.24) is 9.55 Å². The van der Waals surface area contributed by atoms with E-state index in [1.54, 1.807) is 11.7 Å². The van der Waals surface area contributed by atoms with Gasteiger partial charge in [0.15, 0.2) is 11.5 Å². The largest absolute Gasteiger partial charge is 0.493 e. The van der Waals surface area contributed by atoms with E-state index in [1.807, 2.05) is 51.1 Å². The van der Waals surface area contributed by atoms with Crippen molar-refractivity contribution < 1.29 is 9.47 Å². The Labute approximate surface area is 170 Å². The number of aryl methyl sites for hydroxylation is 3. The number of aromatic nitrogens is 2. The molecule has 0 spiro atoms. The highest BCUT2D eigenvalue weighted by Crippen LogP contribution is 2.38. The van der Waals surface area contributed by atoms with E-state index < -0.39 is 0 Å². The topological polar surface area (TPSA) is 65.4 Å². The van der Waals surface area contributed by atoms with Gasteiger partial charge in [0.1, 0.15) is 5.82 Å². The average molecular weight is 391 g/mol. The van der Waals surface area contributed by atoms with E-state index >= 15 is 0 Å². The minimum absolute atomic E-state index is 0.257. The normalized spacial score (nSPS) is 12.1. The van der Waals surface area contributed by atoms with Crippen LogP contribution in [0.1, 0.15) is 23.6 Å². The lowest BCUT2D eigenvalue weighted by Crippen LogP contribution is -2.28. The zero-order valence-corrected chi connectivity index (χ0v) is 17.2. The maximum Gasteiger partial charge on any atom is 0.350 e. The molecule has 2 heterocycles. The number of methoxy groups -OCH3 is 1. The number of hydrogen-bond acceptors (Lipinski definition) is 5. The number of ether oxygens (including phenoxy) is 2. The van der Waals surface area contributed by atoms with E-state index in [2.05, 4.69) is 16.4 Å². The minimum Gasteiger partial charge on any atom is -0.493 e. The molecular formula is C23H25N3O3. The molecule has 0 bridgehead atoms. The van der Waals surface area contributed by atoms with Crippen molar-refractivity contribution >= 4 is 11.5 Å². The van der Waals surface area contributed by atoms with Gasteiger partial charge in [-0.15, -0.1) is 0 Å². The second-order valence-electron chi connectivity index (χ2n) is 7.31. The van der Waals surface area contributed by atoms with Gasteiger partial charge in [-0.25, -0.2) is 4.79 Å². The maximum absolute atomic E-state index is 12.7. The smallest absolute Gasteiger partial charge is 0.350 e. The molecule has 0 saturated carbocycles. The van der Waals surface area contributed by atoms with Gasteiger partial charge in [0.05, 0.1) is 19.4 Å². The third kappa shape index (κ3) is 3.70. The number of nitrogens with one attached hydrogen (secondary N) is 1. The molecular weight excluding hydrogens is 366 g/mol. The Bertz CT molecular complexity index is 1110. The predicted molar refractivity (Wildman–Crippen MR) is 115 cm³/mol. The molecule has 1 N–H and O–H groups in total. The van der Waals surface area contributed by atoms with E-state index in [0.29, 0.717) is 24.7 Å². The monoisotopic (exact) mass is 391 g/mol. The highest BCUT2D eigenvalue weighted by molar-refractivity contribution is 5.73. The van der Waals surface area contributed by atoms with Crippen LogP contribution in [0.25, 0.3) is 11.3 Å². The zero-order chi connectivity index (χ0) is 20.5. The molecule has 29 heavy (non-hydrogen) atoms. The van der Waals surface area contributed by atoms with Crippen molar-refractivity contribution in [3.8, 4) is 22.8 Å². The van der Waals surface area contributed by atoms with Crippen LogP contribution in [0.3, 0.4) is 0 Å². The van der Waals surface area contributed by atoms with E-state index in [1.165, 1.54) is 0 Å². The molecule has 6 nitrogen and oxygen atoms in total. The summed E-state index contributed by atoms with van der Waals surface area (Å²) in [4.78, 5) is 16.9. The maximum atomic E-state index is 12.7. The van der Waals surface area contributed by atoms with Crippen molar-refractivity contribution in [3.05, 3.63) is 63.6 Å². The van der Waals surface area contributed by atoms with Crippen LogP contribution in [0.4, 0.5) is 11.5 Å². The molecule has 0 atom stereocenters. The van der Waals surface area contributed by atoms with Gasteiger partial charge in [-0.1, -0.05) is 6.07 Å². The van der Waals surface area contributed by atoms with E-state index in [0.717, 1.165) is 45.8 Å². The lowest BCUT2D eigenvalue weighted by atomic mass is 9.97. The molecule has 0 unspecified atom stereocenters. The van der Waals surface area contributed by atoms with Crippen LogP contribution in [-0.4, -0.2) is 23.3 Å². The van der Waals surface area contributed by atoms with Gasteiger partial charge in [-0.3, -0.25) is 4.57 Å². The van der Waals surface area contributed by atoms with Gasteiger partial charge < -0.3 is 14.8 Å². The summed E-state index contributed by atoms with van der Waals surface area (Å²) >= 11 is 0. The quantitative estimate of drug-likeness (QED) is 0.705. The summed E-state index contributed by atoms with van der Waals surface area (Å²) in [6.45, 7) is 7.21. The molecule has 3 aromatic rings. The fourth-order valence-corrected chi connectivity index (χ4v) is 3.91. The fourth-order valence-electron chi connectivity index (χ4n) is 3.91. The van der Waals surface area contributed by atoms with Crippen LogP contribution >= 0.6 is 0 Å². The number of hydrogen-bond donors (Lipinski definition) is 1. The third-order valence-electron chi connectivity index (χ3n) is 5.08. The summed E-state index contributed by atoms with van der Waals surface area (Å²) in [7, 11) is 1.62. The van der Waals surface area contributed by atoms with Gasteiger partial charge in [0.2, 0.25) is 0 Å². The van der Waals surface area contributed by atoms with E-state index in [9.17, 15) is 4.79 Å². The molecule has 1 aliphatic heterocycles. The second-order valence-corrected chi connectivity index (χ2v) is 7.31. The molecule has 6 heteroatoms. The van der Waals surface area contributed by atoms with Gasteiger partial charge in [-0.05, 0) is 68.1 Å². The van der Waals surface area contributed by atoms with Crippen molar-refractivity contribution in [2.75, 3.05) is 19.0 Å². The summed E-state index contributed by atoms with van der Waals surface area (Å²) in [6.07, 6.45) is 0.748. The van der Waals surface area contributed by atoms with E-state index in [4.69, 9.17) is 9.47 Å². The number of rotatable bonds is 5. The molecule has 2 aromatic carbocycles. The first-order valence-electron chi connectivity index (χ1n) is 9.79. The molecule has 0 amide bonds. The summed E-state index contributed by atoms with van der Waals surface area (Å²) in [5.74, 6) is 1.92. The Kier molecular flexibility index (Phi) is 5.01. The summed E-state index contributed by atoms with van der Waals surface area (Å²) in [6, 6.07) is 12.1. The van der Waals surface area contributed by atoms with Gasteiger partial charge in [0, 0.05) is 23.9 Å². The molecule has 1 aliphatic rings. The van der Waals surface area contributed by atoms with Crippen molar-refractivity contribution in [1.29, 1.82) is 0 Å². The molecule has 0 radical (unpaired) electrons. The van der Waals surface area contributed by atoms with E-state index in [-0.39, 0.29) is 5.69 Å². The Morgan fingerprint density at radius 1 is 1.07 bits per heavy atom. The minimum atomic E-state index is -0.257. The Morgan fingerprint density at radius 2 is 1.83 bits per heavy atom. The molecule has 4 rings (SSSR count). The van der Waals surface area contributed by atoms with Crippen LogP contribution in [0.2, 0.25) is 0 Å². The Morgan fingerprint density at radius 3 is 2.52 bits per heavy atom. The number of anilines is 2. The molecule has 0 saturated heterocycles. The van der Waals surface area contributed by atoms with Crippen LogP contribution < -0.4 is 20.5 Å². The standard InChI is InChI=1S/C23H25N3O3/c1-5-29-21-11-16-6-7-26-19(18(16)12-20(21)28-4)13-22(25-23(26)27)24-17-9-14(2)8-15(3)10-17/h8-13H,5-7H2,1-4H3,(H,24,25,27). The lowest BCUT2D eigenvalue weighted by molar-refractivity contribution is 0.310. The van der Waals surface area contributed by atoms with Crippen molar-refractivity contribution in [2.24, 2.45) is 0 Å². The highest BCUT2D eigenvalue weighted by atomic mass is 16.5. The van der Waals surface area contributed by atoms with Crippen molar-refractivity contribution in [2.45, 2.75) is 33.7 Å². The summed E-state index contributed by atoms with van der Waals surface area (Å²) in [5, 5.41) is 3.29. The van der Waals surface area contributed by atoms with Crippen LogP contribution in [0.5, 0.6) is 11.5 Å². The SMILES string of the molecule is CCOc1cc2c(cc1OC)-c1cc(Nc3cc(C)cc(C)c3)nc(=O)n1CC2. The zero-order valence-electron chi connectivity index (χ0n) is 17.2. The number of fused-ring (bicyclic) bond motifs is 3. The highest BCUT2D eigenvalue weighted by Gasteiger charge is 2.21. The summed E-state index contributed by atoms with van der Waals surface area (Å²) in [5.41, 5.74) is 5.91. The lowest BCUT2D eigenvalue weighted by Gasteiger charge is -2.23. The number of benzene rings is 2. The van der Waals surface area contributed by atoms with Crippen molar-refractivity contribution in [3.63, 3.8) is 0 Å². The van der Waals surface area contributed by atoms with Crippen LogP contribution in [0.15, 0.2) is 41.2 Å². The first-order valence-corrected chi connectivity index (χ1v) is 9.79. The van der Waals surface area contributed by atoms with Gasteiger partial charge >= 0.3 is 5.69 Å². The molecule has 150 valence electrons. The fraction of sp³-hybridized carbons (Fsp3) is 0.304. The average Bonchev–Trinajstić information content (AvgIpc) is 2.66. The van der Waals surface area contributed by atoms with Gasteiger partial charge in [0.25, 0.3) is 0 Å². The van der Waals surface area contributed by atoms with Crippen LogP contribution in [0, 0.1) is 13.8 Å². The molecule has 0 fully saturated rings. The first kappa shape index (κ1) is 19.1. The molecule has 1 aromatic heterocycles. The first-order chi connectivity index (χ1) is 14.0. The summed E-state index contributed by atoms with van der Waals surface area (Å²) < 4.78 is 12.9. The predicted octanol–water partition coefficient (Wildman–Crippen LogP) is 4.23. The Hall–Kier alpha value is -3.28. The van der Waals surface area contributed by atoms with Gasteiger partial charge in [-0.2, -0.15) is 4.98 Å². The number of nitrogens with zero attached hydrogens (tertiary/aromatic N) is 2. The van der Waals surface area contributed by atoms with Crippen LogP contribution in [-0.2, 0) is 13.0 Å². The second kappa shape index (κ2) is 7.62. The Balaban J connectivity index is 1.80. The third-order valence-corrected chi connectivity index (χ3v) is 5.08. The molecule has 0 aliphatic carbocycles.